The van der Waals surface area contributed by atoms with Crippen LogP contribution in [0.25, 0.3) is 11.1 Å². The van der Waals surface area contributed by atoms with Crippen LogP contribution < -0.4 is 5.32 Å². The molecule has 0 amide bonds. The Balaban J connectivity index is 1.24. The molecule has 3 heterocycles. The highest BCUT2D eigenvalue weighted by atomic mass is 16.5. The van der Waals surface area contributed by atoms with Crippen molar-refractivity contribution in [1.29, 1.82) is 0 Å². The lowest BCUT2D eigenvalue weighted by molar-refractivity contribution is -0.196. The second kappa shape index (κ2) is 8.79. The minimum Gasteiger partial charge on any atom is -0.469 e. The van der Waals surface area contributed by atoms with Crippen LogP contribution in [0.2, 0.25) is 0 Å². The number of hydrogen-bond donors (Lipinski definition) is 1. The number of carbonyl (C=O) groups excluding carboxylic acids is 1. The van der Waals surface area contributed by atoms with Crippen LogP contribution in [0.1, 0.15) is 64.3 Å². The predicted molar refractivity (Wildman–Crippen MR) is 133 cm³/mol. The third-order valence-electron chi connectivity index (χ3n) is 7.47. The molecule has 0 radical (unpaired) electrons. The van der Waals surface area contributed by atoms with Crippen LogP contribution in [0.3, 0.4) is 0 Å². The molecule has 2 bridgehead atoms. The van der Waals surface area contributed by atoms with Gasteiger partial charge in [-0.15, -0.1) is 5.10 Å². The zero-order valence-corrected chi connectivity index (χ0v) is 20.9. The number of benzene rings is 2. The van der Waals surface area contributed by atoms with E-state index < -0.39 is 0 Å². The molecule has 1 aliphatic carbocycles. The third kappa shape index (κ3) is 4.69. The molecule has 6 rings (SSSR count). The van der Waals surface area contributed by atoms with Crippen LogP contribution in [-0.2, 0) is 25.3 Å². The van der Waals surface area contributed by atoms with Gasteiger partial charge in [-0.2, -0.15) is 0 Å². The first kappa shape index (κ1) is 23.5. The summed E-state index contributed by atoms with van der Waals surface area (Å²) in [6.07, 6.45) is 4.32. The first-order valence-corrected chi connectivity index (χ1v) is 12.2. The van der Waals surface area contributed by atoms with E-state index in [2.05, 4.69) is 51.9 Å². The van der Waals surface area contributed by atoms with Crippen LogP contribution >= 0.6 is 0 Å². The summed E-state index contributed by atoms with van der Waals surface area (Å²) >= 11 is 0. The number of methoxy groups -OCH3 is 1. The lowest BCUT2D eigenvalue weighted by atomic mass is 9.63. The van der Waals surface area contributed by atoms with Crippen molar-refractivity contribution in [3.8, 4) is 11.1 Å². The second-order valence-corrected chi connectivity index (χ2v) is 11.0. The van der Waals surface area contributed by atoms with Gasteiger partial charge < -0.3 is 19.2 Å². The molecule has 3 fully saturated rings. The highest BCUT2D eigenvalue weighted by Crippen LogP contribution is 2.55. The number of esters is 1. The smallest absolute Gasteiger partial charge is 0.320 e. The third-order valence-corrected chi connectivity index (χ3v) is 7.47. The number of aromatic nitrogens is 2. The number of anilines is 2. The van der Waals surface area contributed by atoms with Gasteiger partial charge in [-0.1, -0.05) is 62.3 Å². The maximum Gasteiger partial charge on any atom is 0.320 e. The van der Waals surface area contributed by atoms with E-state index in [1.807, 2.05) is 32.9 Å². The Morgan fingerprint density at radius 2 is 1.60 bits per heavy atom. The van der Waals surface area contributed by atoms with Crippen LogP contribution in [-0.4, -0.2) is 29.9 Å². The standard InChI is InChI=1S/C28H33N3O4/c1-26(2,3)24-30-31-25(35-24)29-22-11-7-20(8-12-22)19-5-9-21(10-6-19)28-15-13-27(14-16-28,18-34-28)17-23(32)33-4/h5-12H,13-18H2,1-4H3,(H,29,31). The van der Waals surface area contributed by atoms with Crippen molar-refractivity contribution in [2.24, 2.45) is 5.41 Å². The topological polar surface area (TPSA) is 86.5 Å². The first-order valence-electron chi connectivity index (χ1n) is 12.2. The van der Waals surface area contributed by atoms with E-state index in [-0.39, 0.29) is 22.4 Å². The summed E-state index contributed by atoms with van der Waals surface area (Å²) in [5.41, 5.74) is 3.91. The zero-order valence-electron chi connectivity index (χ0n) is 20.9. The molecule has 2 saturated heterocycles. The van der Waals surface area contributed by atoms with Gasteiger partial charge in [0.1, 0.15) is 0 Å². The summed E-state index contributed by atoms with van der Waals surface area (Å²) in [6.45, 7) is 6.74. The zero-order chi connectivity index (χ0) is 24.7. The normalized spacial score (nSPS) is 23.8. The Bertz CT molecular complexity index is 1170. The van der Waals surface area contributed by atoms with Crippen molar-refractivity contribution in [1.82, 2.24) is 10.2 Å². The summed E-state index contributed by atoms with van der Waals surface area (Å²) in [5.74, 6) is 0.463. The van der Waals surface area contributed by atoms with Gasteiger partial charge in [-0.05, 0) is 54.5 Å². The van der Waals surface area contributed by atoms with Crippen molar-refractivity contribution in [2.45, 2.75) is 63.9 Å². The van der Waals surface area contributed by atoms with Gasteiger partial charge >= 0.3 is 12.0 Å². The van der Waals surface area contributed by atoms with Gasteiger partial charge in [0.25, 0.3) is 0 Å². The van der Waals surface area contributed by atoms with Crippen molar-refractivity contribution < 1.29 is 18.7 Å². The summed E-state index contributed by atoms with van der Waals surface area (Å²) in [5, 5.41) is 11.4. The average Bonchev–Trinajstić information content (AvgIpc) is 3.35. The number of fused-ring (bicyclic) bond motifs is 3. The maximum atomic E-state index is 11.8. The first-order chi connectivity index (χ1) is 16.7. The molecule has 1 saturated carbocycles. The molecule has 2 aliphatic heterocycles. The predicted octanol–water partition coefficient (Wildman–Crippen LogP) is 6.13. The van der Waals surface area contributed by atoms with Crippen LogP contribution in [0, 0.1) is 5.41 Å². The molecule has 184 valence electrons. The molecule has 0 unspecified atom stereocenters. The minimum atomic E-state index is -0.236. The molecule has 1 aromatic heterocycles. The lowest BCUT2D eigenvalue weighted by Crippen LogP contribution is -2.50. The molecule has 3 aliphatic rings. The van der Waals surface area contributed by atoms with Gasteiger partial charge in [0.2, 0.25) is 5.89 Å². The Morgan fingerprint density at radius 3 is 2.11 bits per heavy atom. The molecule has 7 heteroatoms. The SMILES string of the molecule is COC(=O)CC12CCC(c3ccc(-c4ccc(Nc5nnc(C(C)(C)C)o5)cc4)cc3)(CC1)OC2. The molecular formula is C28H33N3O4. The fraction of sp³-hybridized carbons (Fsp3) is 0.464. The van der Waals surface area contributed by atoms with E-state index in [9.17, 15) is 4.79 Å². The van der Waals surface area contributed by atoms with Gasteiger partial charge in [0.15, 0.2) is 0 Å². The highest BCUT2D eigenvalue weighted by Gasteiger charge is 2.51. The molecule has 3 aromatic rings. The summed E-state index contributed by atoms with van der Waals surface area (Å²) < 4.78 is 17.0. The van der Waals surface area contributed by atoms with Gasteiger partial charge in [-0.3, -0.25) is 4.79 Å². The number of ether oxygens (including phenoxy) is 2. The molecule has 0 spiro atoms. The largest absolute Gasteiger partial charge is 0.469 e. The average molecular weight is 476 g/mol. The Kier molecular flexibility index (Phi) is 5.91. The molecule has 7 nitrogen and oxygen atoms in total. The summed E-state index contributed by atoms with van der Waals surface area (Å²) in [4.78, 5) is 11.8. The van der Waals surface area contributed by atoms with Gasteiger partial charge in [0.05, 0.1) is 25.7 Å². The molecule has 35 heavy (non-hydrogen) atoms. The number of carbonyl (C=O) groups is 1. The highest BCUT2D eigenvalue weighted by molar-refractivity contribution is 5.70. The Hall–Kier alpha value is -3.19. The maximum absolute atomic E-state index is 11.8. The van der Waals surface area contributed by atoms with Crippen LogP contribution in [0.15, 0.2) is 52.9 Å². The second-order valence-electron chi connectivity index (χ2n) is 11.0. The number of nitrogens with one attached hydrogen (secondary N) is 1. The summed E-state index contributed by atoms with van der Waals surface area (Å²) in [6, 6.07) is 17.3. The van der Waals surface area contributed by atoms with E-state index in [0.29, 0.717) is 24.9 Å². The van der Waals surface area contributed by atoms with Crippen molar-refractivity contribution >= 4 is 17.7 Å². The molecule has 2 aromatic carbocycles. The van der Waals surface area contributed by atoms with E-state index in [4.69, 9.17) is 13.9 Å². The van der Waals surface area contributed by atoms with E-state index in [1.165, 1.54) is 12.7 Å². The summed E-state index contributed by atoms with van der Waals surface area (Å²) in [7, 11) is 1.46. The molecule has 1 N–H and O–H groups in total. The van der Waals surface area contributed by atoms with Crippen molar-refractivity contribution in [3.05, 3.63) is 60.0 Å². The Morgan fingerprint density at radius 1 is 0.971 bits per heavy atom. The van der Waals surface area contributed by atoms with Gasteiger partial charge in [-0.25, -0.2) is 0 Å². The van der Waals surface area contributed by atoms with Crippen LogP contribution in [0.5, 0.6) is 0 Å². The molecular weight excluding hydrogens is 442 g/mol. The monoisotopic (exact) mass is 475 g/mol. The van der Waals surface area contributed by atoms with Crippen LogP contribution in [0.4, 0.5) is 11.7 Å². The van der Waals surface area contributed by atoms with Gasteiger partial charge in [0, 0.05) is 16.5 Å². The Labute approximate surface area is 206 Å². The lowest BCUT2D eigenvalue weighted by Gasteiger charge is -2.53. The minimum absolute atomic E-state index is 0.0555. The van der Waals surface area contributed by atoms with Crippen molar-refractivity contribution in [3.63, 3.8) is 0 Å². The quantitative estimate of drug-likeness (QED) is 0.429. The number of nitrogens with zero attached hydrogens (tertiary/aromatic N) is 2. The fourth-order valence-corrected chi connectivity index (χ4v) is 5.15. The number of hydrogen-bond acceptors (Lipinski definition) is 7. The van der Waals surface area contributed by atoms with E-state index in [1.54, 1.807) is 0 Å². The van der Waals surface area contributed by atoms with E-state index in [0.717, 1.165) is 42.5 Å². The molecule has 0 atom stereocenters. The van der Waals surface area contributed by atoms with E-state index >= 15 is 0 Å². The fourth-order valence-electron chi connectivity index (χ4n) is 5.15. The van der Waals surface area contributed by atoms with Crippen molar-refractivity contribution in [2.75, 3.05) is 19.0 Å². The number of rotatable bonds is 6.